The van der Waals surface area contributed by atoms with E-state index in [0.717, 1.165) is 0 Å². The second kappa shape index (κ2) is 8.32. The molecule has 0 bridgehead atoms. The van der Waals surface area contributed by atoms with E-state index in [-0.39, 0.29) is 16.9 Å². The lowest BCUT2D eigenvalue weighted by molar-refractivity contribution is 0.375. The van der Waals surface area contributed by atoms with Crippen LogP contribution in [0.2, 0.25) is 20.1 Å². The Morgan fingerprint density at radius 1 is 0.667 bits per heavy atom. The van der Waals surface area contributed by atoms with Gasteiger partial charge in [0.15, 0.2) is 0 Å². The summed E-state index contributed by atoms with van der Waals surface area (Å²) in [5.74, 6) is 0.824. The first-order valence-corrected chi connectivity index (χ1v) is 8.57. The Morgan fingerprint density at radius 3 is 1.39 bits per heavy atom. The maximum atomic E-state index is 8.82. The Morgan fingerprint density at radius 2 is 1.06 bits per heavy atom. The lowest BCUT2D eigenvalue weighted by Crippen LogP contribution is -1.96. The van der Waals surface area contributed by atoms with Crippen molar-refractivity contribution in [1.82, 2.24) is 0 Å². The van der Waals surface area contributed by atoms with Gasteiger partial charge < -0.3 is 10.2 Å². The van der Waals surface area contributed by atoms with Crippen molar-refractivity contribution in [2.24, 2.45) is 0 Å². The molecule has 0 unspecified atom stereocenters. The maximum Gasteiger partial charge on any atom is 0.0889 e. The van der Waals surface area contributed by atoms with Crippen molar-refractivity contribution >= 4 is 69.9 Å². The second-order valence-electron chi connectivity index (χ2n) is 3.17. The van der Waals surface area contributed by atoms with E-state index in [2.05, 4.69) is 0 Å². The van der Waals surface area contributed by atoms with E-state index in [1.54, 1.807) is 0 Å². The first-order valence-electron chi connectivity index (χ1n) is 4.75. The normalized spacial score (nSPS) is 11.0. The number of benzene rings is 1. The summed E-state index contributed by atoms with van der Waals surface area (Å²) in [5.41, 5.74) is 1.31. The van der Waals surface area contributed by atoms with E-state index in [1.807, 2.05) is 0 Å². The minimum atomic E-state index is -0.0341. The molecule has 102 valence electrons. The van der Waals surface area contributed by atoms with Gasteiger partial charge in [0.1, 0.15) is 0 Å². The fourth-order valence-corrected chi connectivity index (χ4v) is 3.98. The Hall–Kier alpha value is 1.000. The summed E-state index contributed by atoms with van der Waals surface area (Å²) < 4.78 is 0. The summed E-state index contributed by atoms with van der Waals surface area (Å²) in [4.78, 5) is 0. The lowest BCUT2D eigenvalue weighted by Gasteiger charge is -2.15. The van der Waals surface area contributed by atoms with Gasteiger partial charge in [-0.3, -0.25) is 0 Å². The van der Waals surface area contributed by atoms with Crippen LogP contribution in [0, 0.1) is 0 Å². The number of hydrogen-bond acceptors (Lipinski definition) is 4. The smallest absolute Gasteiger partial charge is 0.0889 e. The van der Waals surface area contributed by atoms with Crippen molar-refractivity contribution in [3.05, 3.63) is 31.2 Å². The summed E-state index contributed by atoms with van der Waals surface area (Å²) in [6.07, 6.45) is 0. The number of rotatable bonds is 6. The molecule has 0 aliphatic heterocycles. The van der Waals surface area contributed by atoms with Crippen LogP contribution in [-0.4, -0.2) is 22.1 Å². The molecule has 0 aromatic heterocycles. The van der Waals surface area contributed by atoms with Crippen LogP contribution in [0.25, 0.3) is 0 Å². The molecule has 2 N–H and O–H groups in total. The third-order valence-corrected chi connectivity index (χ3v) is 5.33. The molecule has 0 heterocycles. The number of aliphatic hydroxyl groups is 2. The largest absolute Gasteiger partial charge is 0.386 e. The molecule has 0 atom stereocenters. The monoisotopic (exact) mass is 366 g/mol. The molecule has 0 aliphatic rings. The molecule has 1 aromatic rings. The van der Waals surface area contributed by atoms with E-state index in [9.17, 15) is 0 Å². The molecule has 2 nitrogen and oxygen atoms in total. The maximum absolute atomic E-state index is 8.82. The standard InChI is InChI=1S/C10H10Cl4O2S2/c11-7-5(1-17-3-15)8(12)10(14)9(13)6(7)2-18-4-16/h15-16H,1-4H2. The lowest BCUT2D eigenvalue weighted by atomic mass is 10.1. The Labute approximate surface area is 134 Å². The van der Waals surface area contributed by atoms with Crippen molar-refractivity contribution in [2.45, 2.75) is 11.5 Å². The summed E-state index contributed by atoms with van der Waals surface area (Å²) in [5, 5.41) is 19.0. The summed E-state index contributed by atoms with van der Waals surface area (Å²) in [7, 11) is 0. The quantitative estimate of drug-likeness (QED) is 0.435. The highest BCUT2D eigenvalue weighted by molar-refractivity contribution is 7.98. The molecule has 0 amide bonds. The third kappa shape index (κ3) is 4.00. The predicted octanol–water partition coefficient (Wildman–Crippen LogP) is 4.67. The van der Waals surface area contributed by atoms with Crippen molar-refractivity contribution in [3.63, 3.8) is 0 Å². The van der Waals surface area contributed by atoms with Crippen LogP contribution in [0.1, 0.15) is 11.1 Å². The van der Waals surface area contributed by atoms with E-state index in [1.165, 1.54) is 23.5 Å². The molecule has 8 heteroatoms. The first kappa shape index (κ1) is 17.1. The van der Waals surface area contributed by atoms with Crippen LogP contribution < -0.4 is 0 Å². The van der Waals surface area contributed by atoms with Crippen LogP contribution in [0.3, 0.4) is 0 Å². The van der Waals surface area contributed by atoms with Gasteiger partial charge in [-0.1, -0.05) is 46.4 Å². The summed E-state index contributed by atoms with van der Waals surface area (Å²) >= 11 is 27.0. The van der Waals surface area contributed by atoms with Gasteiger partial charge in [0.2, 0.25) is 0 Å². The zero-order valence-corrected chi connectivity index (χ0v) is 13.7. The van der Waals surface area contributed by atoms with Gasteiger partial charge in [-0.15, -0.1) is 23.5 Å². The van der Waals surface area contributed by atoms with E-state index in [4.69, 9.17) is 56.6 Å². The fourth-order valence-electron chi connectivity index (χ4n) is 1.29. The molecule has 18 heavy (non-hydrogen) atoms. The van der Waals surface area contributed by atoms with E-state index >= 15 is 0 Å². The Kier molecular flexibility index (Phi) is 7.89. The van der Waals surface area contributed by atoms with Crippen LogP contribution in [0.15, 0.2) is 0 Å². The van der Waals surface area contributed by atoms with Gasteiger partial charge in [-0.05, 0) is 0 Å². The molecule has 0 radical (unpaired) electrons. The van der Waals surface area contributed by atoms with Crippen molar-refractivity contribution < 1.29 is 10.2 Å². The zero-order valence-electron chi connectivity index (χ0n) is 9.05. The minimum Gasteiger partial charge on any atom is -0.386 e. The van der Waals surface area contributed by atoms with Crippen LogP contribution in [0.4, 0.5) is 0 Å². The SMILES string of the molecule is OCSCc1c(Cl)c(Cl)c(Cl)c(CSCO)c1Cl. The van der Waals surface area contributed by atoms with Crippen molar-refractivity contribution in [3.8, 4) is 0 Å². The Bertz CT molecular complexity index is 394. The molecule has 0 spiro atoms. The number of thioether (sulfide) groups is 2. The summed E-state index contributed by atoms with van der Waals surface area (Å²) in [6.45, 7) is 0. The predicted molar refractivity (Wildman–Crippen MR) is 83.2 cm³/mol. The molecular formula is C10H10Cl4O2S2. The number of hydrogen-bond donors (Lipinski definition) is 2. The van der Waals surface area contributed by atoms with Crippen molar-refractivity contribution in [1.29, 1.82) is 0 Å². The molecule has 0 fully saturated rings. The third-order valence-electron chi connectivity index (χ3n) is 2.12. The van der Waals surface area contributed by atoms with E-state index < -0.39 is 0 Å². The minimum absolute atomic E-state index is 0.0341. The molecule has 1 aromatic carbocycles. The molecule has 1 rings (SSSR count). The fraction of sp³-hybridized carbons (Fsp3) is 0.400. The van der Waals surface area contributed by atoms with Gasteiger partial charge in [-0.2, -0.15) is 0 Å². The average Bonchev–Trinajstić information content (AvgIpc) is 2.36. The molecule has 0 aliphatic carbocycles. The zero-order chi connectivity index (χ0) is 13.7. The highest BCUT2D eigenvalue weighted by atomic mass is 35.5. The Balaban J connectivity index is 3.21. The first-order chi connectivity index (χ1) is 8.54. The highest BCUT2D eigenvalue weighted by Crippen LogP contribution is 2.43. The number of halogens is 4. The van der Waals surface area contributed by atoms with Gasteiger partial charge in [-0.25, -0.2) is 0 Å². The van der Waals surface area contributed by atoms with Crippen LogP contribution in [0.5, 0.6) is 0 Å². The van der Waals surface area contributed by atoms with Crippen LogP contribution in [-0.2, 0) is 11.5 Å². The van der Waals surface area contributed by atoms with Crippen LogP contribution >= 0.6 is 69.9 Å². The van der Waals surface area contributed by atoms with Gasteiger partial charge >= 0.3 is 0 Å². The van der Waals surface area contributed by atoms with Crippen molar-refractivity contribution in [2.75, 3.05) is 11.9 Å². The van der Waals surface area contributed by atoms with Gasteiger partial charge in [0, 0.05) is 22.6 Å². The molecular weight excluding hydrogens is 358 g/mol. The average molecular weight is 368 g/mol. The molecule has 0 saturated carbocycles. The highest BCUT2D eigenvalue weighted by Gasteiger charge is 2.19. The topological polar surface area (TPSA) is 40.5 Å². The van der Waals surface area contributed by atoms with E-state index in [0.29, 0.717) is 37.7 Å². The summed E-state index contributed by atoms with van der Waals surface area (Å²) in [6, 6.07) is 0. The van der Waals surface area contributed by atoms with Gasteiger partial charge in [0.25, 0.3) is 0 Å². The molecule has 0 saturated heterocycles. The number of aliphatic hydroxyl groups excluding tert-OH is 2. The van der Waals surface area contributed by atoms with Gasteiger partial charge in [0.05, 0.1) is 32.0 Å². The second-order valence-corrected chi connectivity index (χ2v) is 6.59.